The van der Waals surface area contributed by atoms with Crippen molar-refractivity contribution in [2.24, 2.45) is 0 Å². The summed E-state index contributed by atoms with van der Waals surface area (Å²) in [6, 6.07) is 12.0. The van der Waals surface area contributed by atoms with Crippen molar-refractivity contribution in [1.29, 1.82) is 0 Å². The first-order chi connectivity index (χ1) is 9.32. The van der Waals surface area contributed by atoms with Crippen LogP contribution in [-0.4, -0.2) is 15.5 Å². The van der Waals surface area contributed by atoms with Crippen molar-refractivity contribution in [3.63, 3.8) is 0 Å². The number of aryl methyl sites for hydroxylation is 2. The molecule has 0 aromatic heterocycles. The Morgan fingerprint density at radius 2 is 1.75 bits per heavy atom. The first-order valence-electron chi connectivity index (χ1n) is 6.24. The molecule has 2 aromatic rings. The van der Waals surface area contributed by atoms with E-state index in [1.165, 1.54) is 10.4 Å². The second-order valence-corrected chi connectivity index (χ2v) is 6.80. The molecule has 0 saturated carbocycles. The van der Waals surface area contributed by atoms with Gasteiger partial charge in [0, 0.05) is 12.7 Å². The van der Waals surface area contributed by atoms with Crippen LogP contribution in [0.1, 0.15) is 11.1 Å². The van der Waals surface area contributed by atoms with E-state index in [0.717, 1.165) is 11.1 Å². The summed E-state index contributed by atoms with van der Waals surface area (Å²) in [5.74, 6) is 0. The van der Waals surface area contributed by atoms with Crippen molar-refractivity contribution in [1.82, 2.24) is 0 Å². The van der Waals surface area contributed by atoms with E-state index in [-0.39, 0.29) is 4.90 Å². The van der Waals surface area contributed by atoms with Crippen molar-refractivity contribution in [2.45, 2.75) is 18.7 Å². The average molecular weight is 290 g/mol. The van der Waals surface area contributed by atoms with Crippen LogP contribution in [0.4, 0.5) is 11.4 Å². The van der Waals surface area contributed by atoms with Gasteiger partial charge < -0.3 is 5.73 Å². The molecule has 2 aromatic carbocycles. The monoisotopic (exact) mass is 290 g/mol. The highest BCUT2D eigenvalue weighted by atomic mass is 32.2. The van der Waals surface area contributed by atoms with Gasteiger partial charge in [-0.25, -0.2) is 8.42 Å². The molecule has 0 amide bonds. The Bertz CT molecular complexity index is 739. The molecule has 4 nitrogen and oxygen atoms in total. The first-order valence-corrected chi connectivity index (χ1v) is 7.68. The zero-order valence-corrected chi connectivity index (χ0v) is 12.6. The quantitative estimate of drug-likeness (QED) is 0.884. The van der Waals surface area contributed by atoms with Crippen LogP contribution < -0.4 is 10.0 Å². The fourth-order valence-electron chi connectivity index (χ4n) is 2.12. The fourth-order valence-corrected chi connectivity index (χ4v) is 3.44. The smallest absolute Gasteiger partial charge is 0.264 e. The zero-order valence-electron chi connectivity index (χ0n) is 11.8. The number of nitrogens with two attached hydrogens (primary N) is 1. The molecule has 106 valence electrons. The molecule has 20 heavy (non-hydrogen) atoms. The van der Waals surface area contributed by atoms with Crippen LogP contribution in [0, 0.1) is 13.8 Å². The summed E-state index contributed by atoms with van der Waals surface area (Å²) in [5.41, 5.74) is 8.77. The Balaban J connectivity index is 2.49. The van der Waals surface area contributed by atoms with Gasteiger partial charge in [0.25, 0.3) is 10.0 Å². The van der Waals surface area contributed by atoms with Gasteiger partial charge in [-0.15, -0.1) is 0 Å². The Morgan fingerprint density at radius 3 is 2.35 bits per heavy atom. The van der Waals surface area contributed by atoms with Gasteiger partial charge in [-0.05, 0) is 43.7 Å². The Morgan fingerprint density at radius 1 is 1.05 bits per heavy atom. The van der Waals surface area contributed by atoms with Crippen LogP contribution in [-0.2, 0) is 10.0 Å². The van der Waals surface area contributed by atoms with E-state index in [2.05, 4.69) is 0 Å². The largest absolute Gasteiger partial charge is 0.399 e. The first kappa shape index (κ1) is 14.4. The molecule has 0 spiro atoms. The van der Waals surface area contributed by atoms with Crippen molar-refractivity contribution in [3.8, 4) is 0 Å². The van der Waals surface area contributed by atoms with Crippen LogP contribution >= 0.6 is 0 Å². The number of hydrogen-bond donors (Lipinski definition) is 1. The fraction of sp³-hybridized carbons (Fsp3) is 0.200. The molecule has 2 rings (SSSR count). The topological polar surface area (TPSA) is 63.4 Å². The van der Waals surface area contributed by atoms with E-state index >= 15 is 0 Å². The molecule has 0 aliphatic rings. The lowest BCUT2D eigenvalue weighted by atomic mass is 10.1. The highest BCUT2D eigenvalue weighted by Gasteiger charge is 2.22. The SMILES string of the molecule is Cc1ccc(N(C)S(=O)(=O)c2cccc(N)c2)c(C)c1. The lowest BCUT2D eigenvalue weighted by Crippen LogP contribution is -2.27. The summed E-state index contributed by atoms with van der Waals surface area (Å²) in [4.78, 5) is 0.194. The minimum absolute atomic E-state index is 0.194. The summed E-state index contributed by atoms with van der Waals surface area (Å²) in [5, 5.41) is 0. The second-order valence-electron chi connectivity index (χ2n) is 4.83. The molecule has 0 aliphatic heterocycles. The van der Waals surface area contributed by atoms with Crippen molar-refractivity contribution in [2.75, 3.05) is 17.1 Å². The standard InChI is InChI=1S/C15H18N2O2S/c1-11-7-8-15(12(2)9-11)17(3)20(18,19)14-6-4-5-13(16)10-14/h4-10H,16H2,1-3H3. The van der Waals surface area contributed by atoms with Crippen molar-refractivity contribution >= 4 is 21.4 Å². The van der Waals surface area contributed by atoms with Gasteiger partial charge in [-0.1, -0.05) is 23.8 Å². The summed E-state index contributed by atoms with van der Waals surface area (Å²) in [6.45, 7) is 3.87. The zero-order chi connectivity index (χ0) is 14.9. The predicted octanol–water partition coefficient (Wildman–Crippen LogP) is 2.71. The Hall–Kier alpha value is -2.01. The number of rotatable bonds is 3. The highest BCUT2D eigenvalue weighted by Crippen LogP contribution is 2.26. The van der Waals surface area contributed by atoms with E-state index in [9.17, 15) is 8.42 Å². The minimum atomic E-state index is -3.60. The maximum atomic E-state index is 12.6. The van der Waals surface area contributed by atoms with Crippen molar-refractivity contribution < 1.29 is 8.42 Å². The van der Waals surface area contributed by atoms with Crippen LogP contribution in [0.5, 0.6) is 0 Å². The number of hydrogen-bond acceptors (Lipinski definition) is 3. The molecule has 0 heterocycles. The van der Waals surface area contributed by atoms with Crippen LogP contribution in [0.15, 0.2) is 47.4 Å². The minimum Gasteiger partial charge on any atom is -0.399 e. The van der Waals surface area contributed by atoms with Crippen LogP contribution in [0.2, 0.25) is 0 Å². The van der Waals surface area contributed by atoms with E-state index < -0.39 is 10.0 Å². The van der Waals surface area contributed by atoms with Gasteiger partial charge in [0.1, 0.15) is 0 Å². The van der Waals surface area contributed by atoms with Crippen LogP contribution in [0.3, 0.4) is 0 Å². The normalized spacial score (nSPS) is 11.3. The van der Waals surface area contributed by atoms with Crippen LogP contribution in [0.25, 0.3) is 0 Å². The Kier molecular flexibility index (Phi) is 3.72. The van der Waals surface area contributed by atoms with E-state index in [0.29, 0.717) is 11.4 Å². The maximum Gasteiger partial charge on any atom is 0.264 e. The number of nitrogen functional groups attached to an aromatic ring is 1. The van der Waals surface area contributed by atoms with E-state index in [4.69, 9.17) is 5.73 Å². The molecule has 2 N–H and O–H groups in total. The van der Waals surface area contributed by atoms with E-state index in [1.54, 1.807) is 25.2 Å². The van der Waals surface area contributed by atoms with Gasteiger partial charge in [-0.2, -0.15) is 0 Å². The number of anilines is 2. The molecular weight excluding hydrogens is 272 g/mol. The molecular formula is C15H18N2O2S. The molecule has 0 aliphatic carbocycles. The summed E-state index contributed by atoms with van der Waals surface area (Å²) < 4.78 is 26.5. The lowest BCUT2D eigenvalue weighted by Gasteiger charge is -2.21. The Labute approximate surface area is 119 Å². The number of nitrogens with zero attached hydrogens (tertiary/aromatic N) is 1. The third-order valence-corrected chi connectivity index (χ3v) is 4.98. The molecule has 0 unspecified atom stereocenters. The highest BCUT2D eigenvalue weighted by molar-refractivity contribution is 7.92. The molecule has 0 saturated heterocycles. The van der Waals surface area contributed by atoms with Gasteiger partial charge in [-0.3, -0.25) is 4.31 Å². The second kappa shape index (κ2) is 5.17. The van der Waals surface area contributed by atoms with Gasteiger partial charge in [0.05, 0.1) is 10.6 Å². The average Bonchev–Trinajstić information content (AvgIpc) is 2.38. The molecule has 0 atom stereocenters. The van der Waals surface area contributed by atoms with Crippen molar-refractivity contribution in [3.05, 3.63) is 53.6 Å². The maximum absolute atomic E-state index is 12.6. The number of benzene rings is 2. The molecule has 5 heteroatoms. The van der Waals surface area contributed by atoms with Gasteiger partial charge in [0.2, 0.25) is 0 Å². The lowest BCUT2D eigenvalue weighted by molar-refractivity contribution is 0.594. The summed E-state index contributed by atoms with van der Waals surface area (Å²) in [6.07, 6.45) is 0. The molecule has 0 radical (unpaired) electrons. The molecule has 0 bridgehead atoms. The molecule has 0 fully saturated rings. The van der Waals surface area contributed by atoms with Gasteiger partial charge in [0.15, 0.2) is 0 Å². The summed E-state index contributed by atoms with van der Waals surface area (Å²) in [7, 11) is -2.04. The van der Waals surface area contributed by atoms with E-state index in [1.807, 2.05) is 32.0 Å². The predicted molar refractivity (Wildman–Crippen MR) is 82.4 cm³/mol. The third-order valence-electron chi connectivity index (χ3n) is 3.21. The number of sulfonamides is 1. The summed E-state index contributed by atoms with van der Waals surface area (Å²) >= 11 is 0. The van der Waals surface area contributed by atoms with Gasteiger partial charge >= 0.3 is 0 Å². The third kappa shape index (κ3) is 2.63.